The summed E-state index contributed by atoms with van der Waals surface area (Å²) in [6, 6.07) is 4.93. The number of ether oxygens (including phenoxy) is 1. The van der Waals surface area contributed by atoms with E-state index in [4.69, 9.17) is 10.5 Å². The Morgan fingerprint density at radius 3 is 2.65 bits per heavy atom. The minimum absolute atomic E-state index is 0.0421. The Bertz CT molecular complexity index is 578. The summed E-state index contributed by atoms with van der Waals surface area (Å²) in [5, 5.41) is 0. The van der Waals surface area contributed by atoms with Gasteiger partial charge in [0.15, 0.2) is 0 Å². The topological polar surface area (TPSA) is 81.4 Å². The van der Waals surface area contributed by atoms with E-state index in [9.17, 15) is 8.42 Å². The highest BCUT2D eigenvalue weighted by atomic mass is 32.2. The summed E-state index contributed by atoms with van der Waals surface area (Å²) in [7, 11) is -3.52. The molecule has 0 bridgehead atoms. The maximum Gasteiger partial charge on any atom is 0.240 e. The van der Waals surface area contributed by atoms with Crippen LogP contribution in [0.3, 0.4) is 0 Å². The number of benzene rings is 1. The predicted octanol–water partition coefficient (Wildman–Crippen LogP) is 1.67. The molecule has 1 aromatic rings. The van der Waals surface area contributed by atoms with Gasteiger partial charge in [-0.15, -0.1) is 0 Å². The Kier molecular flexibility index (Phi) is 4.36. The summed E-state index contributed by atoms with van der Waals surface area (Å²) in [6.45, 7) is 5.66. The first-order valence-corrected chi connectivity index (χ1v) is 8.24. The minimum Gasteiger partial charge on any atom is -0.399 e. The van der Waals surface area contributed by atoms with Crippen molar-refractivity contribution in [2.24, 2.45) is 5.41 Å². The number of nitrogens with two attached hydrogens (primary N) is 1. The lowest BCUT2D eigenvalue weighted by Crippen LogP contribution is -2.39. The van der Waals surface area contributed by atoms with Crippen LogP contribution in [0.1, 0.15) is 25.3 Å². The average molecular weight is 298 g/mol. The first-order chi connectivity index (χ1) is 9.32. The molecule has 0 atom stereocenters. The molecule has 6 heteroatoms. The third kappa shape index (κ3) is 3.50. The molecule has 1 heterocycles. The maximum absolute atomic E-state index is 12.4. The van der Waals surface area contributed by atoms with E-state index in [0.29, 0.717) is 31.0 Å². The van der Waals surface area contributed by atoms with Crippen molar-refractivity contribution in [2.45, 2.75) is 31.6 Å². The van der Waals surface area contributed by atoms with E-state index < -0.39 is 10.0 Å². The third-order valence-electron chi connectivity index (χ3n) is 3.89. The number of nitrogen functional groups attached to an aromatic ring is 1. The molecule has 0 aliphatic carbocycles. The van der Waals surface area contributed by atoms with Crippen LogP contribution >= 0.6 is 0 Å². The van der Waals surface area contributed by atoms with Crippen molar-refractivity contribution < 1.29 is 13.2 Å². The molecule has 1 saturated heterocycles. The number of aryl methyl sites for hydroxylation is 1. The van der Waals surface area contributed by atoms with Gasteiger partial charge in [-0.2, -0.15) is 0 Å². The fraction of sp³-hybridized carbons (Fsp3) is 0.571. The van der Waals surface area contributed by atoms with Gasteiger partial charge in [-0.3, -0.25) is 0 Å². The first-order valence-electron chi connectivity index (χ1n) is 6.76. The lowest BCUT2D eigenvalue weighted by molar-refractivity contribution is 0.0264. The normalized spacial score (nSPS) is 18.9. The minimum atomic E-state index is -3.52. The van der Waals surface area contributed by atoms with Crippen molar-refractivity contribution in [3.63, 3.8) is 0 Å². The molecule has 0 amide bonds. The summed E-state index contributed by atoms with van der Waals surface area (Å²) in [5.74, 6) is 0. The van der Waals surface area contributed by atoms with E-state index >= 15 is 0 Å². The second-order valence-electron chi connectivity index (χ2n) is 5.77. The van der Waals surface area contributed by atoms with Crippen molar-refractivity contribution in [1.29, 1.82) is 0 Å². The molecule has 0 unspecified atom stereocenters. The lowest BCUT2D eigenvalue weighted by atomic mass is 9.83. The van der Waals surface area contributed by atoms with Gasteiger partial charge in [-0.25, -0.2) is 13.1 Å². The average Bonchev–Trinajstić information content (AvgIpc) is 2.40. The molecule has 5 nitrogen and oxygen atoms in total. The predicted molar refractivity (Wildman–Crippen MR) is 78.9 cm³/mol. The number of nitrogens with one attached hydrogen (secondary N) is 1. The third-order valence-corrected chi connectivity index (χ3v) is 5.43. The molecule has 0 spiro atoms. The van der Waals surface area contributed by atoms with Gasteiger partial charge in [0.1, 0.15) is 0 Å². The van der Waals surface area contributed by atoms with E-state index in [2.05, 4.69) is 11.6 Å². The molecular formula is C14H22N2O3S. The van der Waals surface area contributed by atoms with Crippen molar-refractivity contribution >= 4 is 15.7 Å². The summed E-state index contributed by atoms with van der Waals surface area (Å²) >= 11 is 0. The van der Waals surface area contributed by atoms with Crippen LogP contribution in [0.2, 0.25) is 0 Å². The largest absolute Gasteiger partial charge is 0.399 e. The van der Waals surface area contributed by atoms with Gasteiger partial charge in [-0.05, 0) is 42.9 Å². The van der Waals surface area contributed by atoms with Crippen molar-refractivity contribution in [1.82, 2.24) is 4.72 Å². The Labute approximate surface area is 120 Å². The fourth-order valence-electron chi connectivity index (χ4n) is 2.29. The Hall–Kier alpha value is -1.11. The molecule has 112 valence electrons. The first kappa shape index (κ1) is 15.3. The van der Waals surface area contributed by atoms with E-state index in [1.807, 2.05) is 0 Å². The fourth-order valence-corrected chi connectivity index (χ4v) is 3.77. The highest BCUT2D eigenvalue weighted by molar-refractivity contribution is 7.89. The van der Waals surface area contributed by atoms with E-state index in [1.165, 1.54) is 6.07 Å². The van der Waals surface area contributed by atoms with Crippen LogP contribution in [0.4, 0.5) is 5.69 Å². The molecule has 20 heavy (non-hydrogen) atoms. The van der Waals surface area contributed by atoms with E-state index in [-0.39, 0.29) is 10.3 Å². The SMILES string of the molecule is Cc1ccc(N)cc1S(=O)(=O)NCC1(C)CCOCC1. The molecule has 0 aromatic heterocycles. The van der Waals surface area contributed by atoms with Crippen molar-refractivity contribution in [3.8, 4) is 0 Å². The lowest BCUT2D eigenvalue weighted by Gasteiger charge is -2.33. The molecule has 1 aliphatic rings. The molecule has 1 fully saturated rings. The number of sulfonamides is 1. The molecule has 1 aliphatic heterocycles. The van der Waals surface area contributed by atoms with Crippen LogP contribution in [0.25, 0.3) is 0 Å². The zero-order valence-electron chi connectivity index (χ0n) is 12.0. The molecule has 0 saturated carbocycles. The van der Waals surface area contributed by atoms with Crippen LogP contribution in [0.15, 0.2) is 23.1 Å². The van der Waals surface area contributed by atoms with Gasteiger partial charge in [0.25, 0.3) is 0 Å². The quantitative estimate of drug-likeness (QED) is 0.829. The van der Waals surface area contributed by atoms with Crippen LogP contribution in [-0.2, 0) is 14.8 Å². The smallest absolute Gasteiger partial charge is 0.240 e. The second kappa shape index (κ2) is 5.71. The van der Waals surface area contributed by atoms with Crippen LogP contribution in [-0.4, -0.2) is 28.2 Å². The van der Waals surface area contributed by atoms with Gasteiger partial charge in [0, 0.05) is 25.4 Å². The summed E-state index contributed by atoms with van der Waals surface area (Å²) in [5.41, 5.74) is 6.79. The van der Waals surface area contributed by atoms with Crippen molar-refractivity contribution in [3.05, 3.63) is 23.8 Å². The second-order valence-corrected chi connectivity index (χ2v) is 7.51. The molecular weight excluding hydrogens is 276 g/mol. The molecule has 3 N–H and O–H groups in total. The van der Waals surface area contributed by atoms with Gasteiger partial charge in [-0.1, -0.05) is 13.0 Å². The highest BCUT2D eigenvalue weighted by Gasteiger charge is 2.29. The summed E-state index contributed by atoms with van der Waals surface area (Å²) in [4.78, 5) is 0.258. The Morgan fingerprint density at radius 2 is 2.00 bits per heavy atom. The van der Waals surface area contributed by atoms with E-state index in [0.717, 1.165) is 12.8 Å². The summed E-state index contributed by atoms with van der Waals surface area (Å²) < 4.78 is 32.8. The number of hydrogen-bond donors (Lipinski definition) is 2. The van der Waals surface area contributed by atoms with E-state index in [1.54, 1.807) is 19.1 Å². The number of anilines is 1. The Morgan fingerprint density at radius 1 is 1.35 bits per heavy atom. The zero-order chi connectivity index (χ0) is 14.8. The van der Waals surface area contributed by atoms with Gasteiger partial charge in [0.2, 0.25) is 10.0 Å². The zero-order valence-corrected chi connectivity index (χ0v) is 12.8. The summed E-state index contributed by atoms with van der Waals surface area (Å²) in [6.07, 6.45) is 1.73. The van der Waals surface area contributed by atoms with Crippen molar-refractivity contribution in [2.75, 3.05) is 25.5 Å². The van der Waals surface area contributed by atoms with Crippen LogP contribution in [0, 0.1) is 12.3 Å². The number of hydrogen-bond acceptors (Lipinski definition) is 4. The standard InChI is InChI=1S/C14H22N2O3S/c1-11-3-4-12(15)9-13(11)20(17,18)16-10-14(2)5-7-19-8-6-14/h3-4,9,16H,5-8,10,15H2,1-2H3. The monoisotopic (exact) mass is 298 g/mol. The molecule has 1 aromatic carbocycles. The molecule has 0 radical (unpaired) electrons. The van der Waals surface area contributed by atoms with Gasteiger partial charge < -0.3 is 10.5 Å². The number of rotatable bonds is 4. The van der Waals surface area contributed by atoms with Crippen LogP contribution < -0.4 is 10.5 Å². The molecule has 2 rings (SSSR count). The van der Waals surface area contributed by atoms with Gasteiger partial charge >= 0.3 is 0 Å². The maximum atomic E-state index is 12.4. The van der Waals surface area contributed by atoms with Crippen LogP contribution in [0.5, 0.6) is 0 Å². The Balaban J connectivity index is 2.13. The van der Waals surface area contributed by atoms with Gasteiger partial charge in [0.05, 0.1) is 4.90 Å². The highest BCUT2D eigenvalue weighted by Crippen LogP contribution is 2.29.